The molecule has 2 aromatic rings. The van der Waals surface area contributed by atoms with E-state index in [2.05, 4.69) is 29.6 Å². The molecule has 1 atom stereocenters. The zero-order chi connectivity index (χ0) is 16.2. The van der Waals surface area contributed by atoms with Crippen molar-refractivity contribution < 1.29 is 9.53 Å². The highest BCUT2D eigenvalue weighted by Gasteiger charge is 2.18. The summed E-state index contributed by atoms with van der Waals surface area (Å²) in [4.78, 5) is 11.8. The molecular weight excluding hydrogens is 274 g/mol. The molecule has 2 rings (SSSR count). The molecule has 0 aliphatic carbocycles. The quantitative estimate of drug-likeness (QED) is 0.871. The topological polar surface area (TPSA) is 38.3 Å². The highest BCUT2D eigenvalue weighted by Crippen LogP contribution is 2.22. The van der Waals surface area contributed by atoms with Gasteiger partial charge in [-0.25, -0.2) is 4.79 Å². The number of benzene rings is 2. The average Bonchev–Trinajstić information content (AvgIpc) is 2.46. The van der Waals surface area contributed by atoms with Crippen LogP contribution in [0.1, 0.15) is 39.3 Å². The van der Waals surface area contributed by atoms with E-state index in [1.54, 1.807) is 0 Å². The lowest BCUT2D eigenvalue weighted by molar-refractivity contribution is 0.0508. The fourth-order valence-electron chi connectivity index (χ4n) is 2.16. The van der Waals surface area contributed by atoms with Gasteiger partial charge in [0.1, 0.15) is 5.60 Å². The number of carbonyl (C=O) groups excluding carboxylic acids is 1. The lowest BCUT2D eigenvalue weighted by Crippen LogP contribution is -2.34. The molecule has 0 radical (unpaired) electrons. The van der Waals surface area contributed by atoms with Gasteiger partial charge in [-0.3, -0.25) is 0 Å². The Morgan fingerprint density at radius 1 is 0.955 bits per heavy atom. The summed E-state index contributed by atoms with van der Waals surface area (Å²) in [5.41, 5.74) is 2.90. The van der Waals surface area contributed by atoms with Crippen molar-refractivity contribution in [3.8, 4) is 11.1 Å². The van der Waals surface area contributed by atoms with Crippen LogP contribution in [0.15, 0.2) is 54.6 Å². The van der Waals surface area contributed by atoms with Crippen LogP contribution in [0, 0.1) is 0 Å². The largest absolute Gasteiger partial charge is 0.444 e. The van der Waals surface area contributed by atoms with Gasteiger partial charge in [-0.05, 0) is 44.4 Å². The van der Waals surface area contributed by atoms with Gasteiger partial charge in [0.15, 0.2) is 0 Å². The SMILES string of the molecule is CC(NC(=O)OC(C)(C)C)c1ccc(-c2ccccc2)cc1. The number of ether oxygens (including phenoxy) is 1. The van der Waals surface area contributed by atoms with Crippen molar-refractivity contribution in [3.63, 3.8) is 0 Å². The van der Waals surface area contributed by atoms with Crippen molar-refractivity contribution in [2.45, 2.75) is 39.3 Å². The van der Waals surface area contributed by atoms with Crippen LogP contribution in [-0.4, -0.2) is 11.7 Å². The highest BCUT2D eigenvalue weighted by atomic mass is 16.6. The first-order chi connectivity index (χ1) is 10.3. The predicted octanol–water partition coefficient (Wildman–Crippen LogP) is 4.94. The summed E-state index contributed by atoms with van der Waals surface area (Å²) in [5, 5.41) is 2.85. The summed E-state index contributed by atoms with van der Waals surface area (Å²) in [5.74, 6) is 0. The molecule has 0 aromatic heterocycles. The van der Waals surface area contributed by atoms with Crippen molar-refractivity contribution >= 4 is 6.09 Å². The zero-order valence-electron chi connectivity index (χ0n) is 13.6. The molecule has 0 spiro atoms. The number of amides is 1. The Morgan fingerprint density at radius 2 is 1.50 bits per heavy atom. The third-order valence-electron chi connectivity index (χ3n) is 3.25. The summed E-state index contributed by atoms with van der Waals surface area (Å²) in [6.45, 7) is 7.51. The Bertz CT molecular complexity index is 612. The van der Waals surface area contributed by atoms with Crippen molar-refractivity contribution in [3.05, 3.63) is 60.2 Å². The number of nitrogens with one attached hydrogen (secondary N) is 1. The Labute approximate surface area is 132 Å². The van der Waals surface area contributed by atoms with E-state index in [9.17, 15) is 4.79 Å². The smallest absolute Gasteiger partial charge is 0.408 e. The minimum atomic E-state index is -0.485. The molecule has 0 saturated heterocycles. The number of rotatable bonds is 3. The second-order valence-corrected chi connectivity index (χ2v) is 6.36. The maximum atomic E-state index is 11.8. The molecule has 2 aromatic carbocycles. The predicted molar refractivity (Wildman–Crippen MR) is 89.7 cm³/mol. The molecule has 1 amide bonds. The summed E-state index contributed by atoms with van der Waals surface area (Å²) in [6.07, 6.45) is -0.396. The van der Waals surface area contributed by atoms with Gasteiger partial charge in [0, 0.05) is 0 Å². The van der Waals surface area contributed by atoms with Gasteiger partial charge in [0.2, 0.25) is 0 Å². The molecule has 116 valence electrons. The van der Waals surface area contributed by atoms with E-state index in [0.717, 1.165) is 11.1 Å². The van der Waals surface area contributed by atoms with E-state index in [-0.39, 0.29) is 6.04 Å². The van der Waals surface area contributed by atoms with Crippen LogP contribution < -0.4 is 5.32 Å². The van der Waals surface area contributed by atoms with Gasteiger partial charge in [-0.2, -0.15) is 0 Å². The van der Waals surface area contributed by atoms with E-state index >= 15 is 0 Å². The molecule has 3 heteroatoms. The molecule has 0 fully saturated rings. The van der Waals surface area contributed by atoms with Gasteiger partial charge < -0.3 is 10.1 Å². The Morgan fingerprint density at radius 3 is 2.05 bits per heavy atom. The lowest BCUT2D eigenvalue weighted by atomic mass is 10.0. The van der Waals surface area contributed by atoms with Gasteiger partial charge >= 0.3 is 6.09 Å². The van der Waals surface area contributed by atoms with Gasteiger partial charge in [-0.1, -0.05) is 54.6 Å². The minimum Gasteiger partial charge on any atom is -0.444 e. The van der Waals surface area contributed by atoms with E-state index in [0.29, 0.717) is 0 Å². The first-order valence-electron chi connectivity index (χ1n) is 7.50. The first-order valence-corrected chi connectivity index (χ1v) is 7.50. The van der Waals surface area contributed by atoms with E-state index in [1.807, 2.05) is 58.0 Å². The van der Waals surface area contributed by atoms with Gasteiger partial charge in [0.25, 0.3) is 0 Å². The number of carbonyl (C=O) groups is 1. The first kappa shape index (κ1) is 16.1. The molecule has 0 bridgehead atoms. The van der Waals surface area contributed by atoms with Crippen molar-refractivity contribution in [1.29, 1.82) is 0 Å². The summed E-state index contributed by atoms with van der Waals surface area (Å²) in [7, 11) is 0. The second kappa shape index (κ2) is 6.65. The molecular formula is C19H23NO2. The van der Waals surface area contributed by atoms with E-state index in [1.165, 1.54) is 5.56 Å². The second-order valence-electron chi connectivity index (χ2n) is 6.36. The van der Waals surface area contributed by atoms with Crippen molar-refractivity contribution in [1.82, 2.24) is 5.32 Å². The van der Waals surface area contributed by atoms with Crippen LogP contribution in [-0.2, 0) is 4.74 Å². The Hall–Kier alpha value is -2.29. The molecule has 3 nitrogen and oxygen atoms in total. The third kappa shape index (κ3) is 4.62. The van der Waals surface area contributed by atoms with Crippen LogP contribution in [0.25, 0.3) is 11.1 Å². The number of hydrogen-bond acceptors (Lipinski definition) is 2. The average molecular weight is 297 g/mol. The minimum absolute atomic E-state index is 0.0975. The Balaban J connectivity index is 2.02. The standard InChI is InChI=1S/C19H23NO2/c1-14(20-18(21)22-19(2,3)4)15-10-12-17(13-11-15)16-8-6-5-7-9-16/h5-14H,1-4H3,(H,20,21). The summed E-state index contributed by atoms with van der Waals surface area (Å²) >= 11 is 0. The van der Waals surface area contributed by atoms with Crippen LogP contribution in [0.5, 0.6) is 0 Å². The maximum absolute atomic E-state index is 11.8. The Kier molecular flexibility index (Phi) is 4.86. The van der Waals surface area contributed by atoms with E-state index in [4.69, 9.17) is 4.74 Å². The van der Waals surface area contributed by atoms with Gasteiger partial charge in [-0.15, -0.1) is 0 Å². The van der Waals surface area contributed by atoms with Crippen molar-refractivity contribution in [2.75, 3.05) is 0 Å². The number of hydrogen-bond donors (Lipinski definition) is 1. The molecule has 1 N–H and O–H groups in total. The summed E-state index contributed by atoms with van der Waals surface area (Å²) in [6, 6.07) is 18.3. The van der Waals surface area contributed by atoms with E-state index < -0.39 is 11.7 Å². The van der Waals surface area contributed by atoms with Crippen LogP contribution in [0.4, 0.5) is 4.79 Å². The maximum Gasteiger partial charge on any atom is 0.408 e. The van der Waals surface area contributed by atoms with Gasteiger partial charge in [0.05, 0.1) is 6.04 Å². The monoisotopic (exact) mass is 297 g/mol. The highest BCUT2D eigenvalue weighted by molar-refractivity contribution is 5.68. The molecule has 0 aliphatic rings. The molecule has 1 unspecified atom stereocenters. The molecule has 22 heavy (non-hydrogen) atoms. The van der Waals surface area contributed by atoms with Crippen LogP contribution in [0.3, 0.4) is 0 Å². The summed E-state index contributed by atoms with van der Waals surface area (Å²) < 4.78 is 5.27. The zero-order valence-corrected chi connectivity index (χ0v) is 13.6. The molecule has 0 heterocycles. The molecule has 0 aliphatic heterocycles. The molecule has 0 saturated carbocycles. The fourth-order valence-corrected chi connectivity index (χ4v) is 2.16. The normalized spacial score (nSPS) is 12.5. The number of alkyl carbamates (subject to hydrolysis) is 1. The van der Waals surface area contributed by atoms with Crippen LogP contribution >= 0.6 is 0 Å². The van der Waals surface area contributed by atoms with Crippen molar-refractivity contribution in [2.24, 2.45) is 0 Å². The third-order valence-corrected chi connectivity index (χ3v) is 3.25. The fraction of sp³-hybridized carbons (Fsp3) is 0.316. The lowest BCUT2D eigenvalue weighted by Gasteiger charge is -2.22. The van der Waals surface area contributed by atoms with Crippen LogP contribution in [0.2, 0.25) is 0 Å².